The number of halogens is 6. The van der Waals surface area contributed by atoms with Crippen molar-refractivity contribution >= 4 is 10.9 Å². The van der Waals surface area contributed by atoms with E-state index in [-0.39, 0.29) is 46.2 Å². The van der Waals surface area contributed by atoms with E-state index in [4.69, 9.17) is 10.5 Å². The van der Waals surface area contributed by atoms with Gasteiger partial charge in [-0.3, -0.25) is 0 Å². The van der Waals surface area contributed by atoms with E-state index in [0.717, 1.165) is 0 Å². The number of aromatic nitrogens is 2. The number of aryl methyl sites for hydroxylation is 1. The number of ether oxygens (including phenoxy) is 1. The molecule has 0 saturated heterocycles. The fourth-order valence-electron chi connectivity index (χ4n) is 3.37. The Kier molecular flexibility index (Phi) is 5.98. The summed E-state index contributed by atoms with van der Waals surface area (Å²) >= 11 is 0. The standard InChI is InChI=1S/C20H19F6N3O/c1-30-16-7-4-6-14(28-16)18-12(5-2-3-8-27)17-13(20(24,25)26)9-11(19(21,22)23)10-15(17)29-18/h4,6-7,9-10,29H,2-3,5,8,27H2,1H3. The first-order valence-corrected chi connectivity index (χ1v) is 9.10. The number of nitrogens with zero attached hydrogens (tertiary/aromatic N) is 1. The highest BCUT2D eigenvalue weighted by Crippen LogP contribution is 2.43. The molecule has 3 N–H and O–H groups in total. The minimum absolute atomic E-state index is 0.158. The summed E-state index contributed by atoms with van der Waals surface area (Å²) in [5, 5.41) is -0.285. The summed E-state index contributed by atoms with van der Waals surface area (Å²) in [4.78, 5) is 6.96. The third-order valence-electron chi connectivity index (χ3n) is 4.70. The van der Waals surface area contributed by atoms with Crippen LogP contribution in [-0.2, 0) is 18.8 Å². The monoisotopic (exact) mass is 431 g/mol. The zero-order chi connectivity index (χ0) is 22.1. The van der Waals surface area contributed by atoms with Crippen LogP contribution in [0.3, 0.4) is 0 Å². The van der Waals surface area contributed by atoms with Crippen LogP contribution >= 0.6 is 0 Å². The lowest BCUT2D eigenvalue weighted by atomic mass is 9.97. The van der Waals surface area contributed by atoms with Crippen molar-refractivity contribution in [1.29, 1.82) is 0 Å². The van der Waals surface area contributed by atoms with Gasteiger partial charge in [0.15, 0.2) is 0 Å². The number of nitrogens with two attached hydrogens (primary N) is 1. The SMILES string of the molecule is COc1cccc(-c2[nH]c3cc(C(F)(F)F)cc(C(F)(F)F)c3c2CCCCN)n1. The predicted octanol–water partition coefficient (Wildman–Crippen LogP) is 5.56. The first kappa shape index (κ1) is 21.9. The largest absolute Gasteiger partial charge is 0.481 e. The highest BCUT2D eigenvalue weighted by atomic mass is 19.4. The molecule has 4 nitrogen and oxygen atoms in total. The number of hydrogen-bond acceptors (Lipinski definition) is 3. The molecule has 0 aliphatic rings. The number of aromatic amines is 1. The van der Waals surface area contributed by atoms with Gasteiger partial charge in [0, 0.05) is 17.0 Å². The third kappa shape index (κ3) is 4.38. The number of benzene rings is 1. The fourth-order valence-corrected chi connectivity index (χ4v) is 3.37. The van der Waals surface area contributed by atoms with E-state index < -0.39 is 23.5 Å². The van der Waals surface area contributed by atoms with Crippen LogP contribution in [0.15, 0.2) is 30.3 Å². The van der Waals surface area contributed by atoms with Gasteiger partial charge in [0.25, 0.3) is 0 Å². The molecule has 0 fully saturated rings. The molecule has 10 heteroatoms. The minimum Gasteiger partial charge on any atom is -0.481 e. The van der Waals surface area contributed by atoms with Crippen LogP contribution < -0.4 is 10.5 Å². The lowest BCUT2D eigenvalue weighted by Crippen LogP contribution is -2.11. The molecule has 0 spiro atoms. The Bertz CT molecular complexity index is 1040. The second-order valence-corrected chi connectivity index (χ2v) is 6.73. The summed E-state index contributed by atoms with van der Waals surface area (Å²) < 4.78 is 86.0. The van der Waals surface area contributed by atoms with Crippen molar-refractivity contribution in [1.82, 2.24) is 9.97 Å². The number of unbranched alkanes of at least 4 members (excludes halogenated alkanes) is 1. The lowest BCUT2D eigenvalue weighted by molar-refractivity contribution is -0.142. The Morgan fingerprint density at radius 1 is 1.03 bits per heavy atom. The van der Waals surface area contributed by atoms with Gasteiger partial charge in [-0.05, 0) is 49.6 Å². The van der Waals surface area contributed by atoms with Gasteiger partial charge in [-0.2, -0.15) is 26.3 Å². The lowest BCUT2D eigenvalue weighted by Gasteiger charge is -2.14. The maximum Gasteiger partial charge on any atom is 0.417 e. The summed E-state index contributed by atoms with van der Waals surface area (Å²) in [5.41, 5.74) is 3.29. The molecule has 3 aromatic rings. The first-order chi connectivity index (χ1) is 14.1. The van der Waals surface area contributed by atoms with Crippen LogP contribution in [0.2, 0.25) is 0 Å². The van der Waals surface area contributed by atoms with E-state index >= 15 is 0 Å². The minimum atomic E-state index is -4.97. The Balaban J connectivity index is 2.33. The summed E-state index contributed by atoms with van der Waals surface area (Å²) in [5.74, 6) is 0.228. The number of nitrogens with one attached hydrogen (secondary N) is 1. The van der Waals surface area contributed by atoms with Crippen LogP contribution in [0.1, 0.15) is 29.5 Å². The van der Waals surface area contributed by atoms with Crippen molar-refractivity contribution in [2.24, 2.45) is 5.73 Å². The van der Waals surface area contributed by atoms with Crippen LogP contribution in [0, 0.1) is 0 Å². The Morgan fingerprint density at radius 3 is 2.37 bits per heavy atom. The number of hydrogen-bond donors (Lipinski definition) is 2. The topological polar surface area (TPSA) is 63.9 Å². The van der Waals surface area contributed by atoms with Crippen LogP contribution in [-0.4, -0.2) is 23.6 Å². The molecule has 0 radical (unpaired) electrons. The normalized spacial score (nSPS) is 12.5. The second kappa shape index (κ2) is 8.17. The summed E-state index contributed by atoms with van der Waals surface area (Å²) in [6, 6.07) is 5.56. The van der Waals surface area contributed by atoms with E-state index in [1.54, 1.807) is 18.2 Å². The van der Waals surface area contributed by atoms with Crippen LogP contribution in [0.5, 0.6) is 5.88 Å². The summed E-state index contributed by atoms with van der Waals surface area (Å²) in [6.45, 7) is 0.347. The first-order valence-electron chi connectivity index (χ1n) is 9.10. The van der Waals surface area contributed by atoms with Gasteiger partial charge in [-0.1, -0.05) is 6.07 Å². The second-order valence-electron chi connectivity index (χ2n) is 6.73. The molecule has 162 valence electrons. The predicted molar refractivity (Wildman–Crippen MR) is 100 cm³/mol. The smallest absolute Gasteiger partial charge is 0.417 e. The molecule has 3 rings (SSSR count). The van der Waals surface area contributed by atoms with Gasteiger partial charge in [-0.25, -0.2) is 4.98 Å². The van der Waals surface area contributed by atoms with Gasteiger partial charge < -0.3 is 15.5 Å². The summed E-state index contributed by atoms with van der Waals surface area (Å²) in [7, 11) is 1.39. The quantitative estimate of drug-likeness (QED) is 0.397. The maximum atomic E-state index is 13.7. The van der Waals surface area contributed by atoms with Gasteiger partial charge in [0.05, 0.1) is 29.6 Å². The molecule has 0 amide bonds. The maximum absolute atomic E-state index is 13.7. The average Bonchev–Trinajstić information content (AvgIpc) is 3.04. The van der Waals surface area contributed by atoms with Crippen molar-refractivity contribution in [2.75, 3.05) is 13.7 Å². The molecule has 0 bridgehead atoms. The molecule has 0 saturated carbocycles. The van der Waals surface area contributed by atoms with Crippen LogP contribution in [0.4, 0.5) is 26.3 Å². The molecule has 2 aromatic heterocycles. The molecule has 1 aromatic carbocycles. The fraction of sp³-hybridized carbons (Fsp3) is 0.350. The van der Waals surface area contributed by atoms with Gasteiger partial charge in [0.1, 0.15) is 0 Å². The van der Waals surface area contributed by atoms with Crippen molar-refractivity contribution in [3.63, 3.8) is 0 Å². The van der Waals surface area contributed by atoms with E-state index in [1.165, 1.54) is 7.11 Å². The highest BCUT2D eigenvalue weighted by molar-refractivity contribution is 5.94. The number of methoxy groups -OCH3 is 1. The van der Waals surface area contributed by atoms with E-state index in [0.29, 0.717) is 25.5 Å². The Labute approximate surface area is 168 Å². The van der Waals surface area contributed by atoms with Crippen molar-refractivity contribution in [3.05, 3.63) is 47.0 Å². The van der Waals surface area contributed by atoms with Gasteiger partial charge in [0.2, 0.25) is 5.88 Å². The van der Waals surface area contributed by atoms with E-state index in [1.807, 2.05) is 0 Å². The third-order valence-corrected chi connectivity index (χ3v) is 4.70. The number of alkyl halides is 6. The summed E-state index contributed by atoms with van der Waals surface area (Å²) in [6.07, 6.45) is -8.67. The molecule has 0 aliphatic heterocycles. The molecule has 2 heterocycles. The highest BCUT2D eigenvalue weighted by Gasteiger charge is 2.39. The number of pyridine rings is 1. The van der Waals surface area contributed by atoms with Crippen molar-refractivity contribution in [3.8, 4) is 17.3 Å². The zero-order valence-electron chi connectivity index (χ0n) is 15.9. The molecule has 30 heavy (non-hydrogen) atoms. The molecule has 0 aliphatic carbocycles. The van der Waals surface area contributed by atoms with E-state index in [9.17, 15) is 26.3 Å². The zero-order valence-corrected chi connectivity index (χ0v) is 15.9. The van der Waals surface area contributed by atoms with Crippen LogP contribution in [0.25, 0.3) is 22.3 Å². The molecular formula is C20H19F6N3O. The van der Waals surface area contributed by atoms with Gasteiger partial charge in [-0.15, -0.1) is 0 Å². The molecule has 0 atom stereocenters. The molecular weight excluding hydrogens is 412 g/mol. The molecule has 0 unspecified atom stereocenters. The van der Waals surface area contributed by atoms with E-state index in [2.05, 4.69) is 9.97 Å². The number of H-pyrrole nitrogens is 1. The van der Waals surface area contributed by atoms with Crippen molar-refractivity contribution in [2.45, 2.75) is 31.6 Å². The Morgan fingerprint density at radius 2 is 1.77 bits per heavy atom. The van der Waals surface area contributed by atoms with Gasteiger partial charge >= 0.3 is 12.4 Å². The Hall–Kier alpha value is -2.75. The number of fused-ring (bicyclic) bond motifs is 1. The number of rotatable bonds is 6. The average molecular weight is 431 g/mol. The van der Waals surface area contributed by atoms with Crippen molar-refractivity contribution < 1.29 is 31.1 Å².